The molecule has 24 heavy (non-hydrogen) atoms. The van der Waals surface area contributed by atoms with Crippen molar-refractivity contribution in [3.8, 4) is 0 Å². The highest BCUT2D eigenvalue weighted by Gasteiger charge is 2.22. The van der Waals surface area contributed by atoms with E-state index in [2.05, 4.69) is 5.32 Å². The van der Waals surface area contributed by atoms with Gasteiger partial charge in [0.2, 0.25) is 15.9 Å². The van der Waals surface area contributed by atoms with E-state index >= 15 is 0 Å². The molecular weight excluding hydrogens is 324 g/mol. The molecule has 134 valence electrons. The Morgan fingerprint density at radius 1 is 1.17 bits per heavy atom. The Labute approximate surface area is 145 Å². The summed E-state index contributed by atoms with van der Waals surface area (Å²) in [6.45, 7) is 2.32. The van der Waals surface area contributed by atoms with Crippen molar-refractivity contribution in [3.05, 3.63) is 29.8 Å². The molecule has 0 aromatic heterocycles. The Hall–Kier alpha value is -1.56. The van der Waals surface area contributed by atoms with Crippen molar-refractivity contribution >= 4 is 21.6 Å². The summed E-state index contributed by atoms with van der Waals surface area (Å²) in [4.78, 5) is 12.3. The minimum absolute atomic E-state index is 0.170. The summed E-state index contributed by atoms with van der Waals surface area (Å²) in [6, 6.07) is 7.21. The smallest absolute Gasteiger partial charge is 0.240 e. The fraction of sp³-hybridized carbons (Fsp3) is 0.611. The molecule has 1 aromatic carbocycles. The van der Waals surface area contributed by atoms with E-state index in [0.29, 0.717) is 18.2 Å². The number of para-hydroxylation sites is 1. The topological polar surface area (TPSA) is 66.5 Å². The lowest BCUT2D eigenvalue weighted by Crippen LogP contribution is -2.42. The first-order valence-corrected chi connectivity index (χ1v) is 10.5. The molecule has 0 saturated heterocycles. The van der Waals surface area contributed by atoms with Crippen molar-refractivity contribution in [2.24, 2.45) is 5.92 Å². The lowest BCUT2D eigenvalue weighted by molar-refractivity contribution is -0.119. The number of anilines is 1. The van der Waals surface area contributed by atoms with E-state index in [4.69, 9.17) is 0 Å². The van der Waals surface area contributed by atoms with Crippen LogP contribution in [0.5, 0.6) is 0 Å². The van der Waals surface area contributed by atoms with E-state index in [9.17, 15) is 13.2 Å². The largest absolute Gasteiger partial charge is 0.354 e. The van der Waals surface area contributed by atoms with Gasteiger partial charge < -0.3 is 5.32 Å². The second kappa shape index (κ2) is 8.51. The summed E-state index contributed by atoms with van der Waals surface area (Å²) in [7, 11) is -3.51. The molecule has 0 spiro atoms. The number of hydrogen-bond acceptors (Lipinski definition) is 3. The molecule has 1 saturated carbocycles. The van der Waals surface area contributed by atoms with Gasteiger partial charge in [0.15, 0.2) is 0 Å². The van der Waals surface area contributed by atoms with Gasteiger partial charge in [0.1, 0.15) is 6.54 Å². The highest BCUT2D eigenvalue weighted by Crippen LogP contribution is 2.23. The predicted molar refractivity (Wildman–Crippen MR) is 97.6 cm³/mol. The van der Waals surface area contributed by atoms with Crippen LogP contribution in [0.25, 0.3) is 0 Å². The van der Waals surface area contributed by atoms with Gasteiger partial charge in [-0.3, -0.25) is 9.10 Å². The van der Waals surface area contributed by atoms with Crippen molar-refractivity contribution < 1.29 is 13.2 Å². The number of amides is 1. The highest BCUT2D eigenvalue weighted by atomic mass is 32.2. The molecule has 1 aliphatic rings. The average Bonchev–Trinajstić information content (AvgIpc) is 2.79. The third-order valence-electron chi connectivity index (χ3n) is 4.63. The Balaban J connectivity index is 1.99. The zero-order valence-electron chi connectivity index (χ0n) is 14.6. The van der Waals surface area contributed by atoms with Crippen LogP contribution >= 0.6 is 0 Å². The average molecular weight is 353 g/mol. The second-order valence-corrected chi connectivity index (χ2v) is 8.62. The molecule has 0 radical (unpaired) electrons. The van der Waals surface area contributed by atoms with Gasteiger partial charge >= 0.3 is 0 Å². The normalized spacial score (nSPS) is 16.4. The fourth-order valence-electron chi connectivity index (χ4n) is 3.24. The van der Waals surface area contributed by atoms with Crippen molar-refractivity contribution in [2.75, 3.05) is 23.7 Å². The maximum atomic E-state index is 12.3. The molecule has 0 atom stereocenters. The van der Waals surface area contributed by atoms with Gasteiger partial charge in [-0.1, -0.05) is 43.9 Å². The Bertz CT molecular complexity index is 650. The molecule has 0 heterocycles. The van der Waals surface area contributed by atoms with Gasteiger partial charge in [0, 0.05) is 6.54 Å². The van der Waals surface area contributed by atoms with Crippen LogP contribution in [0.15, 0.2) is 24.3 Å². The number of nitrogens with zero attached hydrogens (tertiary/aromatic N) is 1. The molecule has 1 aromatic rings. The molecule has 1 aliphatic carbocycles. The molecule has 5 nitrogen and oxygen atoms in total. The van der Waals surface area contributed by atoms with Crippen LogP contribution < -0.4 is 9.62 Å². The summed E-state index contributed by atoms with van der Waals surface area (Å²) >= 11 is 0. The quantitative estimate of drug-likeness (QED) is 0.801. The van der Waals surface area contributed by atoms with Crippen LogP contribution in [-0.4, -0.2) is 33.7 Å². The third kappa shape index (κ3) is 5.51. The molecular formula is C18H28N2O3S. The van der Waals surface area contributed by atoms with Gasteiger partial charge in [-0.15, -0.1) is 0 Å². The summed E-state index contributed by atoms with van der Waals surface area (Å²) in [5, 5.41) is 2.93. The number of carbonyl (C=O) groups excluding carboxylic acids is 1. The summed E-state index contributed by atoms with van der Waals surface area (Å²) in [5.74, 6) is 0.273. The van der Waals surface area contributed by atoms with Crippen LogP contribution in [0.2, 0.25) is 0 Å². The zero-order valence-corrected chi connectivity index (χ0v) is 15.4. The van der Waals surface area contributed by atoms with Crippen molar-refractivity contribution in [1.29, 1.82) is 0 Å². The maximum Gasteiger partial charge on any atom is 0.240 e. The van der Waals surface area contributed by atoms with E-state index in [1.165, 1.54) is 30.0 Å². The molecule has 6 heteroatoms. The Morgan fingerprint density at radius 3 is 2.38 bits per heavy atom. The van der Waals surface area contributed by atoms with Crippen LogP contribution in [0, 0.1) is 12.8 Å². The minimum Gasteiger partial charge on any atom is -0.354 e. The summed E-state index contributed by atoms with van der Waals surface area (Å²) in [6.07, 6.45) is 8.43. The van der Waals surface area contributed by atoms with Gasteiger partial charge in [0.05, 0.1) is 11.9 Å². The molecule has 0 bridgehead atoms. The molecule has 0 aliphatic heterocycles. The molecule has 1 N–H and O–H groups in total. The van der Waals surface area contributed by atoms with Gasteiger partial charge in [-0.2, -0.15) is 0 Å². The summed E-state index contributed by atoms with van der Waals surface area (Å²) in [5.41, 5.74) is 1.39. The number of carbonyl (C=O) groups is 1. The number of benzene rings is 1. The molecule has 1 fully saturated rings. The minimum atomic E-state index is -3.51. The first-order valence-electron chi connectivity index (χ1n) is 8.68. The van der Waals surface area contributed by atoms with Gasteiger partial charge in [-0.25, -0.2) is 8.42 Å². The molecule has 0 unspecified atom stereocenters. The zero-order chi connectivity index (χ0) is 17.6. The SMILES string of the molecule is Cc1ccccc1N(CC(=O)NCC1CCCCCC1)S(C)(=O)=O. The number of hydrogen-bond donors (Lipinski definition) is 1. The van der Waals surface area contributed by atoms with Crippen molar-refractivity contribution in [3.63, 3.8) is 0 Å². The number of sulfonamides is 1. The first kappa shape index (κ1) is 18.8. The number of rotatable bonds is 6. The van der Waals surface area contributed by atoms with Crippen LogP contribution in [-0.2, 0) is 14.8 Å². The van der Waals surface area contributed by atoms with Crippen LogP contribution in [0.3, 0.4) is 0 Å². The van der Waals surface area contributed by atoms with Crippen molar-refractivity contribution in [1.82, 2.24) is 5.32 Å². The highest BCUT2D eigenvalue weighted by molar-refractivity contribution is 7.92. The maximum absolute atomic E-state index is 12.3. The lowest BCUT2D eigenvalue weighted by Gasteiger charge is -2.24. The molecule has 2 rings (SSSR count). The van der Waals surface area contributed by atoms with E-state index in [1.807, 2.05) is 19.1 Å². The Morgan fingerprint density at radius 2 is 1.79 bits per heavy atom. The fourth-order valence-corrected chi connectivity index (χ4v) is 4.15. The van der Waals surface area contributed by atoms with E-state index in [1.54, 1.807) is 12.1 Å². The number of nitrogens with one attached hydrogen (secondary N) is 1. The molecule has 1 amide bonds. The second-order valence-electron chi connectivity index (χ2n) is 6.72. The summed E-state index contributed by atoms with van der Waals surface area (Å²) < 4.78 is 25.4. The third-order valence-corrected chi connectivity index (χ3v) is 5.76. The number of aryl methyl sites for hydroxylation is 1. The van der Waals surface area contributed by atoms with E-state index < -0.39 is 10.0 Å². The van der Waals surface area contributed by atoms with Crippen LogP contribution in [0.4, 0.5) is 5.69 Å². The standard InChI is InChI=1S/C18H28N2O3S/c1-15-9-7-8-12-17(15)20(24(2,22)23)14-18(21)19-13-16-10-5-3-4-6-11-16/h7-9,12,16H,3-6,10-11,13-14H2,1-2H3,(H,19,21). The first-order chi connectivity index (χ1) is 11.4. The van der Waals surface area contributed by atoms with E-state index in [-0.39, 0.29) is 12.5 Å². The Kier molecular flexibility index (Phi) is 6.66. The predicted octanol–water partition coefficient (Wildman–Crippen LogP) is 2.85. The monoisotopic (exact) mass is 352 g/mol. The van der Waals surface area contributed by atoms with Crippen molar-refractivity contribution in [2.45, 2.75) is 45.4 Å². The van der Waals surface area contributed by atoms with Gasteiger partial charge in [-0.05, 0) is 37.3 Å². The van der Waals surface area contributed by atoms with E-state index in [0.717, 1.165) is 24.7 Å². The lowest BCUT2D eigenvalue weighted by atomic mass is 10.0. The van der Waals surface area contributed by atoms with Crippen LogP contribution in [0.1, 0.15) is 44.1 Å². The van der Waals surface area contributed by atoms with Gasteiger partial charge in [0.25, 0.3) is 0 Å².